The molecular formula is C24H23FN2O5S. The zero-order valence-electron chi connectivity index (χ0n) is 17.9. The van der Waals surface area contributed by atoms with Crippen LogP contribution >= 0.6 is 0 Å². The van der Waals surface area contributed by atoms with Gasteiger partial charge in [0.05, 0.1) is 17.9 Å². The van der Waals surface area contributed by atoms with Gasteiger partial charge in [0.2, 0.25) is 5.91 Å². The number of hydrogen-bond donors (Lipinski definition) is 1. The van der Waals surface area contributed by atoms with Gasteiger partial charge in [-0.25, -0.2) is 12.8 Å². The quantitative estimate of drug-likeness (QED) is 0.572. The van der Waals surface area contributed by atoms with Crippen molar-refractivity contribution in [3.8, 4) is 11.5 Å². The fourth-order valence-corrected chi connectivity index (χ4v) is 4.45. The molecule has 33 heavy (non-hydrogen) atoms. The highest BCUT2D eigenvalue weighted by atomic mass is 32.2. The summed E-state index contributed by atoms with van der Waals surface area (Å²) in [6.45, 7) is 0.736. The SMILES string of the molecule is CN(CC1COc2ccccc2O1)C(=O)Cc1ccc(NS(=O)(=O)c2ccc(F)cc2)cc1. The molecule has 0 spiro atoms. The molecule has 172 valence electrons. The predicted molar refractivity (Wildman–Crippen MR) is 121 cm³/mol. The maximum absolute atomic E-state index is 13.0. The third-order valence-electron chi connectivity index (χ3n) is 5.16. The fourth-order valence-electron chi connectivity index (χ4n) is 3.39. The highest BCUT2D eigenvalue weighted by molar-refractivity contribution is 7.92. The second kappa shape index (κ2) is 9.50. The fraction of sp³-hybridized carbons (Fsp3) is 0.208. The molecule has 0 bridgehead atoms. The molecule has 0 aromatic heterocycles. The lowest BCUT2D eigenvalue weighted by molar-refractivity contribution is -0.130. The highest BCUT2D eigenvalue weighted by Crippen LogP contribution is 2.31. The average Bonchev–Trinajstić information content (AvgIpc) is 2.80. The molecule has 0 aliphatic carbocycles. The van der Waals surface area contributed by atoms with Crippen LogP contribution in [0, 0.1) is 5.82 Å². The van der Waals surface area contributed by atoms with Crippen molar-refractivity contribution in [2.45, 2.75) is 17.4 Å². The van der Waals surface area contributed by atoms with E-state index in [4.69, 9.17) is 9.47 Å². The second-order valence-corrected chi connectivity index (χ2v) is 9.39. The molecule has 0 saturated heterocycles. The predicted octanol–water partition coefficient (Wildman–Crippen LogP) is 3.47. The van der Waals surface area contributed by atoms with Crippen LogP contribution in [0.15, 0.2) is 77.7 Å². The molecule has 7 nitrogen and oxygen atoms in total. The van der Waals surface area contributed by atoms with Crippen molar-refractivity contribution in [3.05, 3.63) is 84.2 Å². The Balaban J connectivity index is 1.32. The standard InChI is InChI=1S/C24H23FN2O5S/c1-27(15-20-16-31-22-4-2-3-5-23(22)32-20)24(28)14-17-6-10-19(11-7-17)26-33(29,30)21-12-8-18(25)9-13-21/h2-13,20,26H,14-16H2,1H3. The molecule has 1 aliphatic heterocycles. The Morgan fingerprint density at radius 3 is 2.39 bits per heavy atom. The van der Waals surface area contributed by atoms with Crippen LogP contribution in [0.4, 0.5) is 10.1 Å². The molecule has 1 heterocycles. The summed E-state index contributed by atoms with van der Waals surface area (Å²) in [5.74, 6) is 0.739. The molecule has 1 atom stereocenters. The summed E-state index contributed by atoms with van der Waals surface area (Å²) in [5.41, 5.74) is 1.08. The average molecular weight is 471 g/mol. The van der Waals surface area contributed by atoms with Gasteiger partial charge in [0.15, 0.2) is 17.6 Å². The van der Waals surface area contributed by atoms with Crippen LogP contribution in [0.3, 0.4) is 0 Å². The van der Waals surface area contributed by atoms with Crippen LogP contribution in [0.25, 0.3) is 0 Å². The lowest BCUT2D eigenvalue weighted by atomic mass is 10.1. The summed E-state index contributed by atoms with van der Waals surface area (Å²) in [6, 6.07) is 18.5. The van der Waals surface area contributed by atoms with Gasteiger partial charge < -0.3 is 14.4 Å². The second-order valence-electron chi connectivity index (χ2n) is 7.70. The van der Waals surface area contributed by atoms with E-state index in [0.717, 1.165) is 17.7 Å². The smallest absolute Gasteiger partial charge is 0.261 e. The monoisotopic (exact) mass is 470 g/mol. The van der Waals surface area contributed by atoms with Crippen LogP contribution in [0.1, 0.15) is 5.56 Å². The molecule has 0 radical (unpaired) electrons. The Morgan fingerprint density at radius 1 is 1.03 bits per heavy atom. The zero-order chi connectivity index (χ0) is 23.4. The largest absolute Gasteiger partial charge is 0.486 e. The van der Waals surface area contributed by atoms with E-state index in [1.807, 2.05) is 24.3 Å². The number of nitrogens with zero attached hydrogens (tertiary/aromatic N) is 1. The van der Waals surface area contributed by atoms with Crippen LogP contribution in [-0.4, -0.2) is 45.5 Å². The Morgan fingerprint density at radius 2 is 1.70 bits per heavy atom. The van der Waals surface area contributed by atoms with E-state index < -0.39 is 15.8 Å². The van der Waals surface area contributed by atoms with Gasteiger partial charge in [0, 0.05) is 12.7 Å². The van der Waals surface area contributed by atoms with E-state index >= 15 is 0 Å². The van der Waals surface area contributed by atoms with E-state index in [1.165, 1.54) is 12.1 Å². The van der Waals surface area contributed by atoms with Crippen molar-refractivity contribution < 1.29 is 27.1 Å². The molecule has 1 amide bonds. The van der Waals surface area contributed by atoms with Crippen molar-refractivity contribution in [3.63, 3.8) is 0 Å². The summed E-state index contributed by atoms with van der Waals surface area (Å²) < 4.78 is 51.9. The Hall–Kier alpha value is -3.59. The highest BCUT2D eigenvalue weighted by Gasteiger charge is 2.23. The molecule has 3 aromatic carbocycles. The maximum atomic E-state index is 13.0. The topological polar surface area (TPSA) is 84.9 Å². The van der Waals surface area contributed by atoms with Crippen LogP contribution in [-0.2, 0) is 21.2 Å². The number of sulfonamides is 1. The number of likely N-dealkylation sites (N-methyl/N-ethyl adjacent to an activating group) is 1. The Labute approximate surface area is 191 Å². The van der Waals surface area contributed by atoms with E-state index in [-0.39, 0.29) is 23.3 Å². The van der Waals surface area contributed by atoms with Gasteiger partial charge in [-0.3, -0.25) is 9.52 Å². The number of carbonyl (C=O) groups excluding carboxylic acids is 1. The minimum atomic E-state index is -3.83. The summed E-state index contributed by atoms with van der Waals surface area (Å²) in [4.78, 5) is 14.2. The van der Waals surface area contributed by atoms with Crippen molar-refractivity contribution >= 4 is 21.6 Å². The van der Waals surface area contributed by atoms with Gasteiger partial charge in [0.25, 0.3) is 10.0 Å². The van der Waals surface area contributed by atoms with Crippen molar-refractivity contribution in [1.82, 2.24) is 4.90 Å². The Bertz CT molecular complexity index is 1230. The van der Waals surface area contributed by atoms with E-state index in [0.29, 0.717) is 30.3 Å². The first-order valence-corrected chi connectivity index (χ1v) is 11.8. The number of halogens is 1. The molecule has 1 unspecified atom stereocenters. The van der Waals surface area contributed by atoms with Gasteiger partial charge in [0.1, 0.15) is 12.4 Å². The lowest BCUT2D eigenvalue weighted by Crippen LogP contribution is -2.42. The van der Waals surface area contributed by atoms with Gasteiger partial charge in [-0.15, -0.1) is 0 Å². The number of rotatable bonds is 7. The number of carbonyl (C=O) groups is 1. The number of anilines is 1. The van der Waals surface area contributed by atoms with Gasteiger partial charge in [-0.1, -0.05) is 24.3 Å². The zero-order valence-corrected chi connectivity index (χ0v) is 18.7. The molecule has 4 rings (SSSR count). The molecular weight excluding hydrogens is 447 g/mol. The third kappa shape index (κ3) is 5.61. The van der Waals surface area contributed by atoms with Gasteiger partial charge >= 0.3 is 0 Å². The van der Waals surface area contributed by atoms with E-state index in [1.54, 1.807) is 36.2 Å². The number of nitrogens with one attached hydrogen (secondary N) is 1. The van der Waals surface area contributed by atoms with Crippen molar-refractivity contribution in [1.29, 1.82) is 0 Å². The lowest BCUT2D eigenvalue weighted by Gasteiger charge is -2.29. The first-order valence-electron chi connectivity index (χ1n) is 10.3. The minimum Gasteiger partial charge on any atom is -0.486 e. The number of fused-ring (bicyclic) bond motifs is 1. The molecule has 0 fully saturated rings. The first kappa shape index (κ1) is 22.6. The first-order chi connectivity index (χ1) is 15.8. The van der Waals surface area contributed by atoms with Gasteiger partial charge in [-0.2, -0.15) is 0 Å². The number of amides is 1. The number of ether oxygens (including phenoxy) is 2. The van der Waals surface area contributed by atoms with Crippen LogP contribution in [0.5, 0.6) is 11.5 Å². The summed E-state index contributed by atoms with van der Waals surface area (Å²) in [5, 5.41) is 0. The molecule has 1 aliphatic rings. The molecule has 1 N–H and O–H groups in total. The van der Waals surface area contributed by atoms with Crippen molar-refractivity contribution in [2.24, 2.45) is 0 Å². The maximum Gasteiger partial charge on any atom is 0.261 e. The molecule has 3 aromatic rings. The van der Waals surface area contributed by atoms with Crippen LogP contribution in [0.2, 0.25) is 0 Å². The summed E-state index contributed by atoms with van der Waals surface area (Å²) in [6.07, 6.45) is -0.108. The number of hydrogen-bond acceptors (Lipinski definition) is 5. The van der Waals surface area contributed by atoms with E-state index in [2.05, 4.69) is 4.72 Å². The molecule has 0 saturated carbocycles. The van der Waals surface area contributed by atoms with E-state index in [9.17, 15) is 17.6 Å². The molecule has 9 heteroatoms. The number of para-hydroxylation sites is 2. The normalized spacial score (nSPS) is 15.0. The van der Waals surface area contributed by atoms with Gasteiger partial charge in [-0.05, 0) is 54.1 Å². The summed E-state index contributed by atoms with van der Waals surface area (Å²) >= 11 is 0. The Kier molecular flexibility index (Phi) is 6.50. The third-order valence-corrected chi connectivity index (χ3v) is 6.55. The summed E-state index contributed by atoms with van der Waals surface area (Å²) in [7, 11) is -2.13. The van der Waals surface area contributed by atoms with Crippen molar-refractivity contribution in [2.75, 3.05) is 24.9 Å². The van der Waals surface area contributed by atoms with Crippen LogP contribution < -0.4 is 14.2 Å². The minimum absolute atomic E-state index is 0.0405. The number of benzene rings is 3.